The Morgan fingerprint density at radius 3 is 2.75 bits per heavy atom. The Morgan fingerprint density at radius 1 is 1.75 bits per heavy atom. The zero-order valence-electron chi connectivity index (χ0n) is 4.94. The number of rotatable bonds is 4. The smallest absolute Gasteiger partial charge is 0.118 e. The second-order valence-electron chi connectivity index (χ2n) is 1.68. The van der Waals surface area contributed by atoms with Crippen LogP contribution in [0.4, 0.5) is 4.39 Å². The number of nitrogens with two attached hydrogens (primary N) is 1. The fraction of sp³-hybridized carbons (Fsp3) is 0.667. The minimum absolute atomic E-state index is 0.514. The van der Waals surface area contributed by atoms with Crippen LogP contribution in [0.2, 0.25) is 0 Å². The van der Waals surface area contributed by atoms with Gasteiger partial charge in [0.2, 0.25) is 0 Å². The molecular weight excluding hydrogens is 105 g/mol. The fourth-order valence-electron chi connectivity index (χ4n) is 0.431. The van der Waals surface area contributed by atoms with Crippen LogP contribution in [0.3, 0.4) is 0 Å². The van der Waals surface area contributed by atoms with Crippen molar-refractivity contribution in [2.45, 2.75) is 19.0 Å². The highest BCUT2D eigenvalue weighted by Gasteiger charge is 1.96. The first-order valence-electron chi connectivity index (χ1n) is 2.78. The van der Waals surface area contributed by atoms with E-state index in [1.165, 1.54) is 6.08 Å². The lowest BCUT2D eigenvalue weighted by Crippen LogP contribution is -2.02. The molecule has 1 nitrogen and oxygen atoms in total. The quantitative estimate of drug-likeness (QED) is 0.551. The summed E-state index contributed by atoms with van der Waals surface area (Å²) in [5.41, 5.74) is 5.13. The summed E-state index contributed by atoms with van der Waals surface area (Å²) in [5.74, 6) is 0. The third-order valence-electron chi connectivity index (χ3n) is 0.940. The van der Waals surface area contributed by atoms with Crippen molar-refractivity contribution in [3.05, 3.63) is 12.7 Å². The predicted octanol–water partition coefficient (Wildman–Crippen LogP) is 1.25. The SMILES string of the molecule is C=CC(F)CCCN. The van der Waals surface area contributed by atoms with Crippen LogP contribution >= 0.6 is 0 Å². The molecule has 0 saturated heterocycles. The molecule has 2 N–H and O–H groups in total. The molecule has 1 unspecified atom stereocenters. The molecule has 0 fully saturated rings. The van der Waals surface area contributed by atoms with Gasteiger partial charge >= 0.3 is 0 Å². The lowest BCUT2D eigenvalue weighted by atomic mass is 10.2. The average molecular weight is 117 g/mol. The summed E-state index contributed by atoms with van der Waals surface area (Å²) < 4.78 is 12.1. The van der Waals surface area contributed by atoms with Crippen LogP contribution < -0.4 is 5.73 Å². The van der Waals surface area contributed by atoms with Crippen molar-refractivity contribution < 1.29 is 4.39 Å². The van der Waals surface area contributed by atoms with Gasteiger partial charge in [-0.2, -0.15) is 0 Å². The number of halogens is 1. The minimum Gasteiger partial charge on any atom is -0.330 e. The summed E-state index contributed by atoms with van der Waals surface area (Å²) in [5, 5.41) is 0. The minimum atomic E-state index is -0.862. The Kier molecular flexibility index (Phi) is 4.56. The molecule has 0 spiro atoms. The Labute approximate surface area is 49.4 Å². The maximum Gasteiger partial charge on any atom is 0.118 e. The number of allylic oxidation sites excluding steroid dienone is 1. The van der Waals surface area contributed by atoms with Crippen molar-refractivity contribution in [1.82, 2.24) is 0 Å². The van der Waals surface area contributed by atoms with Crippen LogP contribution in [0.15, 0.2) is 12.7 Å². The number of hydrogen-bond donors (Lipinski definition) is 1. The van der Waals surface area contributed by atoms with E-state index in [0.29, 0.717) is 13.0 Å². The third-order valence-corrected chi connectivity index (χ3v) is 0.940. The van der Waals surface area contributed by atoms with Gasteiger partial charge in [0.05, 0.1) is 0 Å². The molecule has 0 aromatic carbocycles. The highest BCUT2D eigenvalue weighted by Crippen LogP contribution is 2.00. The van der Waals surface area contributed by atoms with Gasteiger partial charge in [-0.15, -0.1) is 6.58 Å². The molecule has 48 valence electrons. The average Bonchev–Trinajstić information content (AvgIpc) is 1.83. The lowest BCUT2D eigenvalue weighted by Gasteiger charge is -1.97. The normalized spacial score (nSPS) is 13.2. The molecule has 0 aliphatic rings. The van der Waals surface area contributed by atoms with Crippen LogP contribution in [0.5, 0.6) is 0 Å². The summed E-state index contributed by atoms with van der Waals surface area (Å²) in [7, 11) is 0. The van der Waals surface area contributed by atoms with Crippen LogP contribution in [0.1, 0.15) is 12.8 Å². The predicted molar refractivity (Wildman–Crippen MR) is 33.4 cm³/mol. The van der Waals surface area contributed by atoms with Gasteiger partial charge in [-0.1, -0.05) is 6.08 Å². The van der Waals surface area contributed by atoms with E-state index < -0.39 is 6.17 Å². The molecular formula is C6H12FN. The Balaban J connectivity index is 2.98. The summed E-state index contributed by atoms with van der Waals surface area (Å²) in [6.45, 7) is 3.86. The first-order valence-corrected chi connectivity index (χ1v) is 2.78. The largest absolute Gasteiger partial charge is 0.330 e. The molecule has 2 heteroatoms. The van der Waals surface area contributed by atoms with E-state index in [-0.39, 0.29) is 0 Å². The molecule has 1 atom stereocenters. The second-order valence-corrected chi connectivity index (χ2v) is 1.68. The topological polar surface area (TPSA) is 26.0 Å². The van der Waals surface area contributed by atoms with E-state index in [1.54, 1.807) is 0 Å². The molecule has 8 heavy (non-hydrogen) atoms. The van der Waals surface area contributed by atoms with Gasteiger partial charge in [-0.25, -0.2) is 4.39 Å². The molecule has 0 aliphatic carbocycles. The van der Waals surface area contributed by atoms with Gasteiger partial charge in [0.1, 0.15) is 6.17 Å². The highest BCUT2D eigenvalue weighted by molar-refractivity contribution is 4.77. The van der Waals surface area contributed by atoms with Gasteiger partial charge in [0, 0.05) is 0 Å². The van der Waals surface area contributed by atoms with Crippen molar-refractivity contribution in [2.24, 2.45) is 5.73 Å². The molecule has 0 aromatic heterocycles. The summed E-state index contributed by atoms with van der Waals surface area (Å²) >= 11 is 0. The highest BCUT2D eigenvalue weighted by atomic mass is 19.1. The van der Waals surface area contributed by atoms with Gasteiger partial charge in [0.15, 0.2) is 0 Å². The summed E-state index contributed by atoms with van der Waals surface area (Å²) in [4.78, 5) is 0. The van der Waals surface area contributed by atoms with Gasteiger partial charge in [-0.05, 0) is 19.4 Å². The molecule has 0 aromatic rings. The van der Waals surface area contributed by atoms with E-state index in [0.717, 1.165) is 6.42 Å². The van der Waals surface area contributed by atoms with E-state index in [9.17, 15) is 4.39 Å². The Bertz CT molecular complexity index is 63.5. The van der Waals surface area contributed by atoms with Crippen molar-refractivity contribution in [2.75, 3.05) is 6.54 Å². The maximum atomic E-state index is 12.1. The van der Waals surface area contributed by atoms with E-state index in [4.69, 9.17) is 5.73 Å². The molecule has 0 radical (unpaired) electrons. The van der Waals surface area contributed by atoms with Crippen LogP contribution in [-0.4, -0.2) is 12.7 Å². The van der Waals surface area contributed by atoms with Crippen LogP contribution in [-0.2, 0) is 0 Å². The standard InChI is InChI=1S/C6H12FN/c1-2-6(7)4-3-5-8/h2,6H,1,3-5,8H2. The van der Waals surface area contributed by atoms with E-state index in [1.807, 2.05) is 0 Å². The lowest BCUT2D eigenvalue weighted by molar-refractivity contribution is 0.373. The number of alkyl halides is 1. The zero-order valence-corrected chi connectivity index (χ0v) is 4.94. The van der Waals surface area contributed by atoms with E-state index >= 15 is 0 Å². The van der Waals surface area contributed by atoms with E-state index in [2.05, 4.69) is 6.58 Å². The molecule has 0 saturated carbocycles. The first kappa shape index (κ1) is 7.63. The fourth-order valence-corrected chi connectivity index (χ4v) is 0.431. The Hall–Kier alpha value is -0.370. The van der Waals surface area contributed by atoms with Crippen molar-refractivity contribution >= 4 is 0 Å². The molecule has 0 bridgehead atoms. The third kappa shape index (κ3) is 3.81. The Morgan fingerprint density at radius 2 is 2.38 bits per heavy atom. The first-order chi connectivity index (χ1) is 3.81. The maximum absolute atomic E-state index is 12.1. The summed E-state index contributed by atoms with van der Waals surface area (Å²) in [6, 6.07) is 0. The monoisotopic (exact) mass is 117 g/mol. The van der Waals surface area contributed by atoms with Crippen LogP contribution in [0.25, 0.3) is 0 Å². The molecule has 0 heterocycles. The second kappa shape index (κ2) is 4.78. The van der Waals surface area contributed by atoms with Gasteiger partial charge < -0.3 is 5.73 Å². The van der Waals surface area contributed by atoms with Crippen molar-refractivity contribution in [1.29, 1.82) is 0 Å². The van der Waals surface area contributed by atoms with Gasteiger partial charge in [0.25, 0.3) is 0 Å². The van der Waals surface area contributed by atoms with Crippen molar-refractivity contribution in [3.8, 4) is 0 Å². The molecule has 0 aliphatic heterocycles. The number of hydrogen-bond acceptors (Lipinski definition) is 1. The summed E-state index contributed by atoms with van der Waals surface area (Å²) in [6.07, 6.45) is 1.70. The molecule has 0 rings (SSSR count). The van der Waals surface area contributed by atoms with Crippen molar-refractivity contribution in [3.63, 3.8) is 0 Å². The van der Waals surface area contributed by atoms with Gasteiger partial charge in [-0.3, -0.25) is 0 Å². The zero-order chi connectivity index (χ0) is 6.41. The van der Waals surface area contributed by atoms with Crippen LogP contribution in [0, 0.1) is 0 Å². The molecule has 0 amide bonds.